The molecule has 0 unspecified atom stereocenters. The van der Waals surface area contributed by atoms with Crippen LogP contribution in [0.4, 0.5) is 5.69 Å². The summed E-state index contributed by atoms with van der Waals surface area (Å²) in [6.07, 6.45) is 8.90. The van der Waals surface area contributed by atoms with Gasteiger partial charge in [-0.3, -0.25) is 4.98 Å². The van der Waals surface area contributed by atoms with Crippen LogP contribution in [0.25, 0.3) is 0 Å². The molecular formula is C10H13BrN2S. The van der Waals surface area contributed by atoms with Gasteiger partial charge in [-0.1, -0.05) is 12.8 Å². The van der Waals surface area contributed by atoms with Gasteiger partial charge in [0, 0.05) is 16.3 Å². The second kappa shape index (κ2) is 4.53. The molecule has 2 rings (SSSR count). The molecule has 0 atom stereocenters. The molecular weight excluding hydrogens is 260 g/mol. The van der Waals surface area contributed by atoms with Crippen LogP contribution in [0.2, 0.25) is 0 Å². The molecule has 2 nitrogen and oxygen atoms in total. The van der Waals surface area contributed by atoms with Gasteiger partial charge in [0.05, 0.1) is 16.4 Å². The van der Waals surface area contributed by atoms with Gasteiger partial charge in [0.25, 0.3) is 0 Å². The smallest absolute Gasteiger partial charge is 0.0650 e. The van der Waals surface area contributed by atoms with Crippen molar-refractivity contribution in [1.29, 1.82) is 0 Å². The van der Waals surface area contributed by atoms with Crippen LogP contribution in [-0.2, 0) is 0 Å². The summed E-state index contributed by atoms with van der Waals surface area (Å²) in [7, 11) is 0. The van der Waals surface area contributed by atoms with Gasteiger partial charge in [-0.15, -0.1) is 11.8 Å². The third-order valence-corrected chi connectivity index (χ3v) is 4.83. The van der Waals surface area contributed by atoms with Gasteiger partial charge in [-0.05, 0) is 28.8 Å². The fourth-order valence-corrected chi connectivity index (χ4v) is 3.62. The SMILES string of the molecule is Nc1cncc(Br)c1SC1CCCC1. The Morgan fingerprint density at radius 3 is 2.71 bits per heavy atom. The molecule has 14 heavy (non-hydrogen) atoms. The third-order valence-electron chi connectivity index (χ3n) is 2.47. The van der Waals surface area contributed by atoms with E-state index in [-0.39, 0.29) is 0 Å². The number of nitrogen functional groups attached to an aromatic ring is 1. The maximum atomic E-state index is 5.89. The third kappa shape index (κ3) is 2.23. The molecule has 0 spiro atoms. The van der Waals surface area contributed by atoms with Crippen molar-refractivity contribution in [3.63, 3.8) is 0 Å². The van der Waals surface area contributed by atoms with E-state index >= 15 is 0 Å². The number of hydrogen-bond donors (Lipinski definition) is 1. The van der Waals surface area contributed by atoms with E-state index in [4.69, 9.17) is 5.73 Å². The van der Waals surface area contributed by atoms with E-state index in [2.05, 4.69) is 20.9 Å². The average molecular weight is 273 g/mol. The van der Waals surface area contributed by atoms with Crippen molar-refractivity contribution in [3.8, 4) is 0 Å². The van der Waals surface area contributed by atoms with Gasteiger partial charge >= 0.3 is 0 Å². The lowest BCUT2D eigenvalue weighted by atomic mass is 10.4. The molecule has 0 amide bonds. The van der Waals surface area contributed by atoms with E-state index in [9.17, 15) is 0 Å². The summed E-state index contributed by atoms with van der Waals surface area (Å²) in [5.41, 5.74) is 6.67. The number of anilines is 1. The molecule has 0 aliphatic heterocycles. The minimum atomic E-state index is 0.746. The molecule has 1 fully saturated rings. The number of thioether (sulfide) groups is 1. The molecule has 76 valence electrons. The van der Waals surface area contributed by atoms with Gasteiger partial charge in [-0.2, -0.15) is 0 Å². The van der Waals surface area contributed by atoms with Crippen LogP contribution in [0.5, 0.6) is 0 Å². The number of rotatable bonds is 2. The van der Waals surface area contributed by atoms with E-state index < -0.39 is 0 Å². The lowest BCUT2D eigenvalue weighted by Gasteiger charge is -2.11. The lowest BCUT2D eigenvalue weighted by Crippen LogP contribution is -1.97. The normalized spacial score (nSPS) is 17.5. The van der Waals surface area contributed by atoms with Crippen LogP contribution in [0.3, 0.4) is 0 Å². The van der Waals surface area contributed by atoms with Crippen molar-refractivity contribution in [2.45, 2.75) is 35.8 Å². The molecule has 1 aromatic heterocycles. The van der Waals surface area contributed by atoms with Crippen molar-refractivity contribution in [2.24, 2.45) is 0 Å². The maximum absolute atomic E-state index is 5.89. The predicted octanol–water partition coefficient (Wildman–Crippen LogP) is 3.46. The Balaban J connectivity index is 2.14. The first kappa shape index (κ1) is 10.3. The summed E-state index contributed by atoms with van der Waals surface area (Å²) in [5, 5.41) is 0.746. The van der Waals surface area contributed by atoms with Gasteiger partial charge in [-0.25, -0.2) is 0 Å². The Morgan fingerprint density at radius 2 is 2.07 bits per heavy atom. The van der Waals surface area contributed by atoms with Crippen LogP contribution in [0, 0.1) is 0 Å². The van der Waals surface area contributed by atoms with Crippen LogP contribution in [0.15, 0.2) is 21.8 Å². The minimum absolute atomic E-state index is 0.746. The molecule has 1 aliphatic rings. The Labute approximate surface area is 96.8 Å². The van der Waals surface area contributed by atoms with Crippen molar-refractivity contribution < 1.29 is 0 Å². The highest BCUT2D eigenvalue weighted by molar-refractivity contribution is 9.10. The van der Waals surface area contributed by atoms with E-state index in [0.717, 1.165) is 20.3 Å². The van der Waals surface area contributed by atoms with Crippen molar-refractivity contribution in [1.82, 2.24) is 4.98 Å². The Kier molecular flexibility index (Phi) is 3.34. The largest absolute Gasteiger partial charge is 0.397 e. The monoisotopic (exact) mass is 272 g/mol. The molecule has 1 aromatic rings. The number of halogens is 1. The van der Waals surface area contributed by atoms with Crippen LogP contribution >= 0.6 is 27.7 Å². The first-order valence-corrected chi connectivity index (χ1v) is 6.50. The number of nitrogens with zero attached hydrogens (tertiary/aromatic N) is 1. The second-order valence-corrected chi connectivity index (χ2v) is 5.73. The first-order chi connectivity index (χ1) is 6.77. The lowest BCUT2D eigenvalue weighted by molar-refractivity contribution is 0.886. The minimum Gasteiger partial charge on any atom is -0.397 e. The predicted molar refractivity (Wildman–Crippen MR) is 64.5 cm³/mol. The number of nitrogens with two attached hydrogens (primary N) is 1. The van der Waals surface area contributed by atoms with Crippen LogP contribution < -0.4 is 5.73 Å². The molecule has 0 bridgehead atoms. The van der Waals surface area contributed by atoms with Crippen LogP contribution in [0.1, 0.15) is 25.7 Å². The molecule has 0 aromatic carbocycles. The summed E-state index contributed by atoms with van der Waals surface area (Å²) in [6, 6.07) is 0. The molecule has 4 heteroatoms. The van der Waals surface area contributed by atoms with E-state index in [0.29, 0.717) is 0 Å². The van der Waals surface area contributed by atoms with Gasteiger partial charge in [0.2, 0.25) is 0 Å². The summed E-state index contributed by atoms with van der Waals surface area (Å²) in [4.78, 5) is 5.19. The first-order valence-electron chi connectivity index (χ1n) is 4.83. The van der Waals surface area contributed by atoms with Gasteiger partial charge < -0.3 is 5.73 Å². The fraction of sp³-hybridized carbons (Fsp3) is 0.500. The highest BCUT2D eigenvalue weighted by Crippen LogP contribution is 2.40. The topological polar surface area (TPSA) is 38.9 Å². The summed E-state index contributed by atoms with van der Waals surface area (Å²) >= 11 is 5.38. The van der Waals surface area contributed by atoms with Crippen LogP contribution in [-0.4, -0.2) is 10.2 Å². The molecule has 0 radical (unpaired) electrons. The Hall–Kier alpha value is -0.220. The summed E-state index contributed by atoms with van der Waals surface area (Å²) in [5.74, 6) is 0. The summed E-state index contributed by atoms with van der Waals surface area (Å²) < 4.78 is 1.02. The highest BCUT2D eigenvalue weighted by atomic mass is 79.9. The zero-order valence-electron chi connectivity index (χ0n) is 7.87. The Bertz CT molecular complexity index is 304. The maximum Gasteiger partial charge on any atom is 0.0650 e. The van der Waals surface area contributed by atoms with E-state index in [1.165, 1.54) is 25.7 Å². The zero-order chi connectivity index (χ0) is 9.97. The van der Waals surface area contributed by atoms with Gasteiger partial charge in [0.1, 0.15) is 0 Å². The molecule has 1 aliphatic carbocycles. The molecule has 1 heterocycles. The van der Waals surface area contributed by atoms with E-state index in [1.54, 1.807) is 6.20 Å². The van der Waals surface area contributed by atoms with Gasteiger partial charge in [0.15, 0.2) is 0 Å². The Morgan fingerprint density at radius 1 is 1.36 bits per heavy atom. The van der Waals surface area contributed by atoms with Crippen molar-refractivity contribution in [3.05, 3.63) is 16.9 Å². The quantitative estimate of drug-likeness (QED) is 0.896. The number of pyridine rings is 1. The van der Waals surface area contributed by atoms with E-state index in [1.807, 2.05) is 18.0 Å². The average Bonchev–Trinajstić information content (AvgIpc) is 2.64. The molecule has 1 saturated carbocycles. The molecule has 2 N–H and O–H groups in total. The molecule has 0 saturated heterocycles. The number of aromatic nitrogens is 1. The standard InChI is InChI=1S/C10H13BrN2S/c11-8-5-13-6-9(12)10(8)14-7-3-1-2-4-7/h5-7H,1-4,12H2. The number of hydrogen-bond acceptors (Lipinski definition) is 3. The zero-order valence-corrected chi connectivity index (χ0v) is 10.3. The fourth-order valence-electron chi connectivity index (χ4n) is 1.74. The second-order valence-electron chi connectivity index (χ2n) is 3.56. The highest BCUT2D eigenvalue weighted by Gasteiger charge is 2.18. The van der Waals surface area contributed by atoms with Crippen molar-refractivity contribution >= 4 is 33.4 Å². The van der Waals surface area contributed by atoms with Crippen molar-refractivity contribution in [2.75, 3.05) is 5.73 Å². The summed E-state index contributed by atoms with van der Waals surface area (Å²) in [6.45, 7) is 0.